The fourth-order valence-corrected chi connectivity index (χ4v) is 2.96. The number of aryl methyl sites for hydroxylation is 2. The van der Waals surface area contributed by atoms with E-state index in [0.717, 1.165) is 12.8 Å². The molecule has 4 rings (SSSR count). The standard InChI is InChI=1S/C16H13N/c1-2-4-13-11(3-1)5-8-15-14(13)7-6-12-9-10-17-16(12)15/h1-4,6-7,9-10,17H,5,8H2. The average molecular weight is 219 g/mol. The molecule has 1 aliphatic rings. The van der Waals surface area contributed by atoms with Crippen molar-refractivity contribution in [3.8, 4) is 11.1 Å². The highest BCUT2D eigenvalue weighted by Crippen LogP contribution is 2.36. The lowest BCUT2D eigenvalue weighted by molar-refractivity contribution is 0.948. The SMILES string of the molecule is c1ccc2c(c1)CCc1c-2ccc2cc[nH]c12. The first-order chi connectivity index (χ1) is 8.43. The molecule has 1 N–H and O–H groups in total. The summed E-state index contributed by atoms with van der Waals surface area (Å²) in [6.07, 6.45) is 4.33. The number of aromatic nitrogens is 1. The fraction of sp³-hybridized carbons (Fsp3) is 0.125. The Kier molecular flexibility index (Phi) is 1.72. The second-order valence-electron chi connectivity index (χ2n) is 4.69. The number of rotatable bonds is 0. The Hall–Kier alpha value is -2.02. The van der Waals surface area contributed by atoms with Crippen LogP contribution in [-0.2, 0) is 12.8 Å². The lowest BCUT2D eigenvalue weighted by Crippen LogP contribution is -2.04. The first kappa shape index (κ1) is 9.06. The molecule has 0 unspecified atom stereocenters. The van der Waals surface area contributed by atoms with Crippen molar-refractivity contribution >= 4 is 10.9 Å². The van der Waals surface area contributed by atoms with Crippen LogP contribution in [0, 0.1) is 0 Å². The van der Waals surface area contributed by atoms with Gasteiger partial charge in [0, 0.05) is 11.7 Å². The van der Waals surface area contributed by atoms with Gasteiger partial charge in [-0.15, -0.1) is 0 Å². The Morgan fingerprint density at radius 2 is 1.76 bits per heavy atom. The van der Waals surface area contributed by atoms with Crippen LogP contribution in [0.4, 0.5) is 0 Å². The molecule has 1 nitrogen and oxygen atoms in total. The minimum Gasteiger partial charge on any atom is -0.361 e. The van der Waals surface area contributed by atoms with Gasteiger partial charge in [-0.2, -0.15) is 0 Å². The molecule has 1 heterocycles. The van der Waals surface area contributed by atoms with E-state index in [1.165, 1.54) is 33.2 Å². The van der Waals surface area contributed by atoms with E-state index in [4.69, 9.17) is 0 Å². The largest absolute Gasteiger partial charge is 0.361 e. The maximum absolute atomic E-state index is 3.38. The van der Waals surface area contributed by atoms with Gasteiger partial charge in [0.1, 0.15) is 0 Å². The maximum Gasteiger partial charge on any atom is 0.0492 e. The number of benzene rings is 2. The Morgan fingerprint density at radius 3 is 2.76 bits per heavy atom. The zero-order chi connectivity index (χ0) is 11.2. The predicted molar refractivity (Wildman–Crippen MR) is 71.1 cm³/mol. The van der Waals surface area contributed by atoms with E-state index in [0.29, 0.717) is 0 Å². The van der Waals surface area contributed by atoms with Gasteiger partial charge in [-0.05, 0) is 46.5 Å². The van der Waals surface area contributed by atoms with Crippen LogP contribution < -0.4 is 0 Å². The van der Waals surface area contributed by atoms with E-state index >= 15 is 0 Å². The topological polar surface area (TPSA) is 15.8 Å². The summed E-state index contributed by atoms with van der Waals surface area (Å²) >= 11 is 0. The lowest BCUT2D eigenvalue weighted by Gasteiger charge is -2.20. The summed E-state index contributed by atoms with van der Waals surface area (Å²) in [4.78, 5) is 3.38. The molecule has 3 aromatic rings. The molecule has 0 spiro atoms. The van der Waals surface area contributed by atoms with E-state index in [1.54, 1.807) is 0 Å². The molecule has 0 saturated carbocycles. The van der Waals surface area contributed by atoms with Crippen molar-refractivity contribution in [2.45, 2.75) is 12.8 Å². The van der Waals surface area contributed by atoms with Crippen molar-refractivity contribution in [2.24, 2.45) is 0 Å². The first-order valence-electron chi connectivity index (χ1n) is 6.11. The van der Waals surface area contributed by atoms with Crippen LogP contribution in [0.25, 0.3) is 22.0 Å². The van der Waals surface area contributed by atoms with Gasteiger partial charge >= 0.3 is 0 Å². The Morgan fingerprint density at radius 1 is 0.824 bits per heavy atom. The predicted octanol–water partition coefficient (Wildman–Crippen LogP) is 3.93. The molecule has 1 aromatic heterocycles. The molecule has 0 fully saturated rings. The molecule has 0 radical (unpaired) electrons. The second-order valence-corrected chi connectivity index (χ2v) is 4.69. The van der Waals surface area contributed by atoms with Gasteiger partial charge in [-0.1, -0.05) is 36.4 Å². The molecule has 0 saturated heterocycles. The molecule has 0 atom stereocenters. The van der Waals surface area contributed by atoms with Gasteiger partial charge in [0.2, 0.25) is 0 Å². The molecule has 17 heavy (non-hydrogen) atoms. The highest BCUT2D eigenvalue weighted by atomic mass is 14.7. The summed E-state index contributed by atoms with van der Waals surface area (Å²) < 4.78 is 0. The average Bonchev–Trinajstić information content (AvgIpc) is 2.86. The van der Waals surface area contributed by atoms with Crippen molar-refractivity contribution in [3.63, 3.8) is 0 Å². The summed E-state index contributed by atoms with van der Waals surface area (Å²) in [5.74, 6) is 0. The van der Waals surface area contributed by atoms with Gasteiger partial charge in [0.05, 0.1) is 0 Å². The summed E-state index contributed by atoms with van der Waals surface area (Å²) in [7, 11) is 0. The molecule has 2 aromatic carbocycles. The summed E-state index contributed by atoms with van der Waals surface area (Å²) in [6.45, 7) is 0. The van der Waals surface area contributed by atoms with Crippen LogP contribution >= 0.6 is 0 Å². The van der Waals surface area contributed by atoms with Crippen LogP contribution in [0.1, 0.15) is 11.1 Å². The minimum atomic E-state index is 1.14. The minimum absolute atomic E-state index is 1.14. The number of fused-ring (bicyclic) bond motifs is 5. The van der Waals surface area contributed by atoms with Crippen LogP contribution in [0.2, 0.25) is 0 Å². The van der Waals surface area contributed by atoms with E-state index in [2.05, 4.69) is 47.4 Å². The monoisotopic (exact) mass is 219 g/mol. The summed E-state index contributed by atoms with van der Waals surface area (Å²) in [5.41, 5.74) is 7.08. The third-order valence-electron chi connectivity index (χ3n) is 3.79. The molecule has 82 valence electrons. The maximum atomic E-state index is 3.38. The summed E-state index contributed by atoms with van der Waals surface area (Å²) in [5, 5.41) is 1.32. The van der Waals surface area contributed by atoms with Gasteiger partial charge in [0.15, 0.2) is 0 Å². The third-order valence-corrected chi connectivity index (χ3v) is 3.79. The van der Waals surface area contributed by atoms with Gasteiger partial charge < -0.3 is 4.98 Å². The Labute approximate surface area is 100 Å². The van der Waals surface area contributed by atoms with Crippen LogP contribution in [0.15, 0.2) is 48.7 Å². The zero-order valence-electron chi connectivity index (χ0n) is 9.53. The highest BCUT2D eigenvalue weighted by molar-refractivity contribution is 5.91. The van der Waals surface area contributed by atoms with Crippen molar-refractivity contribution < 1.29 is 0 Å². The number of aromatic amines is 1. The number of hydrogen-bond donors (Lipinski definition) is 1. The Balaban J connectivity index is 2.10. The van der Waals surface area contributed by atoms with E-state index in [1.807, 2.05) is 6.20 Å². The van der Waals surface area contributed by atoms with Crippen molar-refractivity contribution in [2.75, 3.05) is 0 Å². The Bertz CT molecular complexity index is 706. The number of H-pyrrole nitrogens is 1. The quantitative estimate of drug-likeness (QED) is 0.589. The van der Waals surface area contributed by atoms with E-state index in [9.17, 15) is 0 Å². The second kappa shape index (κ2) is 3.24. The number of hydrogen-bond acceptors (Lipinski definition) is 0. The third kappa shape index (κ3) is 1.19. The van der Waals surface area contributed by atoms with Crippen molar-refractivity contribution in [3.05, 3.63) is 59.8 Å². The number of nitrogens with one attached hydrogen (secondary N) is 1. The molecule has 0 bridgehead atoms. The zero-order valence-corrected chi connectivity index (χ0v) is 9.53. The normalized spacial score (nSPS) is 13.4. The van der Waals surface area contributed by atoms with Crippen LogP contribution in [0.5, 0.6) is 0 Å². The molecular formula is C16H13N. The summed E-state index contributed by atoms with van der Waals surface area (Å²) in [6, 6.07) is 15.4. The fourth-order valence-electron chi connectivity index (χ4n) is 2.96. The van der Waals surface area contributed by atoms with Crippen LogP contribution in [-0.4, -0.2) is 4.98 Å². The van der Waals surface area contributed by atoms with Crippen LogP contribution in [0.3, 0.4) is 0 Å². The molecular weight excluding hydrogens is 206 g/mol. The van der Waals surface area contributed by atoms with E-state index in [-0.39, 0.29) is 0 Å². The highest BCUT2D eigenvalue weighted by Gasteiger charge is 2.17. The van der Waals surface area contributed by atoms with Gasteiger partial charge in [-0.3, -0.25) is 0 Å². The van der Waals surface area contributed by atoms with Crippen molar-refractivity contribution in [1.29, 1.82) is 0 Å². The molecule has 1 heteroatoms. The van der Waals surface area contributed by atoms with Crippen molar-refractivity contribution in [1.82, 2.24) is 4.98 Å². The molecule has 1 aliphatic carbocycles. The van der Waals surface area contributed by atoms with Gasteiger partial charge in [0.25, 0.3) is 0 Å². The molecule has 0 amide bonds. The lowest BCUT2D eigenvalue weighted by atomic mass is 9.85. The molecule has 0 aliphatic heterocycles. The smallest absolute Gasteiger partial charge is 0.0492 e. The van der Waals surface area contributed by atoms with Gasteiger partial charge in [-0.25, -0.2) is 0 Å². The van der Waals surface area contributed by atoms with E-state index < -0.39 is 0 Å². The first-order valence-corrected chi connectivity index (χ1v) is 6.11.